The van der Waals surface area contributed by atoms with E-state index >= 15 is 0 Å². The van der Waals surface area contributed by atoms with Crippen molar-refractivity contribution < 1.29 is 19.1 Å². The maximum atomic E-state index is 11.5. The van der Waals surface area contributed by atoms with Crippen molar-refractivity contribution in [3.8, 4) is 5.75 Å². The number of para-hydroxylation sites is 1. The van der Waals surface area contributed by atoms with Crippen molar-refractivity contribution in [1.29, 1.82) is 0 Å². The summed E-state index contributed by atoms with van der Waals surface area (Å²) in [5, 5.41) is 2.63. The average molecular weight is 314 g/mol. The Morgan fingerprint density at radius 2 is 1.81 bits per heavy atom. The summed E-state index contributed by atoms with van der Waals surface area (Å²) in [6.45, 7) is 0.259. The van der Waals surface area contributed by atoms with E-state index in [-0.39, 0.29) is 13.0 Å². The van der Waals surface area contributed by atoms with Crippen LogP contribution in [0, 0.1) is 0 Å². The Labute approximate surface area is 126 Å². The lowest BCUT2D eigenvalue weighted by Crippen LogP contribution is -2.52. The molecule has 114 valence electrons. The van der Waals surface area contributed by atoms with E-state index in [1.165, 1.54) is 0 Å². The molecule has 0 aliphatic carbocycles. The van der Waals surface area contributed by atoms with Gasteiger partial charge in [0.25, 0.3) is 0 Å². The zero-order valence-corrected chi connectivity index (χ0v) is 11.9. The van der Waals surface area contributed by atoms with Crippen LogP contribution in [-0.4, -0.2) is 30.4 Å². The second-order valence-corrected chi connectivity index (χ2v) is 4.59. The molecule has 0 heterocycles. The maximum absolute atomic E-state index is 11.5. The van der Waals surface area contributed by atoms with Gasteiger partial charge in [-0.05, 0) is 18.6 Å². The third-order valence-electron chi connectivity index (χ3n) is 2.52. The lowest BCUT2D eigenvalue weighted by molar-refractivity contribution is -0.134. The molecule has 8 heteroatoms. The van der Waals surface area contributed by atoms with Gasteiger partial charge in [-0.15, -0.1) is 0 Å². The number of carbonyl (C=O) groups excluding carboxylic acids is 3. The molecule has 0 spiro atoms. The van der Waals surface area contributed by atoms with E-state index < -0.39 is 23.8 Å². The fourth-order valence-corrected chi connectivity index (χ4v) is 1.68. The highest BCUT2D eigenvalue weighted by atomic mass is 35.5. The Bertz CT molecular complexity index is 522. The summed E-state index contributed by atoms with van der Waals surface area (Å²) in [7, 11) is 0. The van der Waals surface area contributed by atoms with E-state index in [9.17, 15) is 14.4 Å². The minimum atomic E-state index is -1.50. The molecule has 21 heavy (non-hydrogen) atoms. The van der Waals surface area contributed by atoms with Gasteiger partial charge >= 0.3 is 0 Å². The molecule has 0 aliphatic heterocycles. The molecule has 7 nitrogen and oxygen atoms in total. The minimum absolute atomic E-state index is 0.0571. The SMILES string of the molecule is NC(=O)C(NC(=O)CCCOc1ccccc1Cl)C(N)=O. The molecule has 1 rings (SSSR count). The van der Waals surface area contributed by atoms with Crippen LogP contribution in [0.15, 0.2) is 24.3 Å². The van der Waals surface area contributed by atoms with Crippen LogP contribution in [0.1, 0.15) is 12.8 Å². The van der Waals surface area contributed by atoms with Crippen LogP contribution in [0.5, 0.6) is 5.75 Å². The zero-order valence-electron chi connectivity index (χ0n) is 11.2. The smallest absolute Gasteiger partial charge is 0.249 e. The van der Waals surface area contributed by atoms with Crippen LogP contribution in [0.25, 0.3) is 0 Å². The van der Waals surface area contributed by atoms with Crippen molar-refractivity contribution in [2.24, 2.45) is 11.5 Å². The number of benzene rings is 1. The summed E-state index contributed by atoms with van der Waals surface area (Å²) in [5.41, 5.74) is 9.88. The molecular weight excluding hydrogens is 298 g/mol. The highest BCUT2D eigenvalue weighted by Gasteiger charge is 2.23. The van der Waals surface area contributed by atoms with Crippen LogP contribution in [0.3, 0.4) is 0 Å². The van der Waals surface area contributed by atoms with Crippen molar-refractivity contribution in [2.75, 3.05) is 6.61 Å². The number of primary amides is 2. The van der Waals surface area contributed by atoms with E-state index in [0.29, 0.717) is 17.2 Å². The lowest BCUT2D eigenvalue weighted by Gasteiger charge is -2.12. The third-order valence-corrected chi connectivity index (χ3v) is 2.83. The molecule has 0 saturated carbocycles. The van der Waals surface area contributed by atoms with Gasteiger partial charge in [0.05, 0.1) is 11.6 Å². The molecule has 1 aromatic rings. The van der Waals surface area contributed by atoms with E-state index in [4.69, 9.17) is 27.8 Å². The van der Waals surface area contributed by atoms with Gasteiger partial charge in [0.1, 0.15) is 5.75 Å². The largest absolute Gasteiger partial charge is 0.492 e. The van der Waals surface area contributed by atoms with Crippen LogP contribution in [-0.2, 0) is 14.4 Å². The fourth-order valence-electron chi connectivity index (χ4n) is 1.49. The van der Waals surface area contributed by atoms with E-state index in [2.05, 4.69) is 5.32 Å². The number of rotatable bonds is 8. The number of ether oxygens (including phenoxy) is 1. The van der Waals surface area contributed by atoms with Crippen molar-refractivity contribution in [1.82, 2.24) is 5.32 Å². The van der Waals surface area contributed by atoms with Gasteiger partial charge in [-0.3, -0.25) is 14.4 Å². The van der Waals surface area contributed by atoms with Gasteiger partial charge in [0.15, 0.2) is 6.04 Å². The van der Waals surface area contributed by atoms with Crippen LogP contribution >= 0.6 is 11.6 Å². The molecule has 0 unspecified atom stereocenters. The molecule has 0 saturated heterocycles. The quantitative estimate of drug-likeness (QED) is 0.460. The molecule has 5 N–H and O–H groups in total. The van der Waals surface area contributed by atoms with Crippen LogP contribution in [0.4, 0.5) is 0 Å². The second kappa shape index (κ2) is 8.11. The van der Waals surface area contributed by atoms with Crippen molar-refractivity contribution in [3.05, 3.63) is 29.3 Å². The number of amides is 3. The van der Waals surface area contributed by atoms with Crippen molar-refractivity contribution in [3.63, 3.8) is 0 Å². The van der Waals surface area contributed by atoms with Gasteiger partial charge in [-0.2, -0.15) is 0 Å². The molecule has 1 aromatic carbocycles. The first kappa shape index (κ1) is 16.8. The lowest BCUT2D eigenvalue weighted by atomic mass is 10.2. The van der Waals surface area contributed by atoms with Crippen LogP contribution < -0.4 is 21.5 Å². The standard InChI is InChI=1S/C13H16ClN3O4/c14-8-4-1-2-5-9(8)21-7-3-6-10(18)17-11(12(15)19)13(16)20/h1-2,4-5,11H,3,6-7H2,(H2,15,19)(H2,16,20)(H,17,18). The Balaban J connectivity index is 2.32. The summed E-state index contributed by atoms with van der Waals surface area (Å²) < 4.78 is 5.39. The van der Waals surface area contributed by atoms with Crippen LogP contribution in [0.2, 0.25) is 5.02 Å². The third kappa shape index (κ3) is 5.70. The number of hydrogen-bond acceptors (Lipinski definition) is 4. The Morgan fingerprint density at radius 3 is 2.38 bits per heavy atom. The molecular formula is C13H16ClN3O4. The summed E-state index contributed by atoms with van der Waals surface area (Å²) in [4.78, 5) is 33.3. The van der Waals surface area contributed by atoms with Gasteiger partial charge in [-0.25, -0.2) is 0 Å². The second-order valence-electron chi connectivity index (χ2n) is 4.19. The highest BCUT2D eigenvalue weighted by molar-refractivity contribution is 6.32. The minimum Gasteiger partial charge on any atom is -0.492 e. The van der Waals surface area contributed by atoms with Gasteiger partial charge < -0.3 is 21.5 Å². The molecule has 0 radical (unpaired) electrons. The highest BCUT2D eigenvalue weighted by Crippen LogP contribution is 2.23. The molecule has 0 aliphatic rings. The first-order valence-electron chi connectivity index (χ1n) is 6.17. The summed E-state index contributed by atoms with van der Waals surface area (Å²) in [5.74, 6) is -1.99. The first-order chi connectivity index (χ1) is 9.91. The van der Waals surface area contributed by atoms with E-state index in [1.54, 1.807) is 24.3 Å². The van der Waals surface area contributed by atoms with Crippen molar-refractivity contribution in [2.45, 2.75) is 18.9 Å². The Kier molecular flexibility index (Phi) is 6.48. The van der Waals surface area contributed by atoms with Gasteiger partial charge in [-0.1, -0.05) is 23.7 Å². The average Bonchev–Trinajstić information content (AvgIpc) is 2.42. The van der Waals surface area contributed by atoms with E-state index in [1.807, 2.05) is 0 Å². The topological polar surface area (TPSA) is 125 Å². The molecule has 0 aromatic heterocycles. The Morgan fingerprint density at radius 1 is 1.19 bits per heavy atom. The Hall–Kier alpha value is -2.28. The number of nitrogens with two attached hydrogens (primary N) is 2. The monoisotopic (exact) mass is 313 g/mol. The fraction of sp³-hybridized carbons (Fsp3) is 0.308. The van der Waals surface area contributed by atoms with Crippen molar-refractivity contribution >= 4 is 29.3 Å². The molecule has 0 bridgehead atoms. The number of halogens is 1. The maximum Gasteiger partial charge on any atom is 0.249 e. The molecule has 3 amide bonds. The predicted molar refractivity (Wildman–Crippen MR) is 76.5 cm³/mol. The normalized spacial score (nSPS) is 10.2. The van der Waals surface area contributed by atoms with Gasteiger partial charge in [0.2, 0.25) is 17.7 Å². The summed E-state index contributed by atoms with van der Waals surface area (Å²) in [6.07, 6.45) is 0.433. The first-order valence-corrected chi connectivity index (χ1v) is 6.55. The zero-order chi connectivity index (χ0) is 15.8. The number of nitrogens with one attached hydrogen (secondary N) is 1. The summed E-state index contributed by atoms with van der Waals surface area (Å²) in [6, 6.07) is 5.45. The molecule has 0 fully saturated rings. The number of hydrogen-bond donors (Lipinski definition) is 3. The van der Waals surface area contributed by atoms with Gasteiger partial charge in [0, 0.05) is 6.42 Å². The predicted octanol–water partition coefficient (Wildman–Crippen LogP) is -0.0456. The van der Waals surface area contributed by atoms with E-state index in [0.717, 1.165) is 0 Å². The summed E-state index contributed by atoms with van der Waals surface area (Å²) >= 11 is 5.90. The number of carbonyl (C=O) groups is 3. The molecule has 0 atom stereocenters.